The van der Waals surface area contributed by atoms with E-state index in [4.69, 9.17) is 4.74 Å². The third kappa shape index (κ3) is 2.91. The van der Waals surface area contributed by atoms with Crippen molar-refractivity contribution >= 4 is 28.2 Å². The molecule has 0 saturated carbocycles. The number of methoxy groups -OCH3 is 1. The number of thiazole rings is 1. The number of halogens is 1. The first-order chi connectivity index (χ1) is 12.7. The fraction of sp³-hybridized carbons (Fsp3) is 0.0556. The highest BCUT2D eigenvalue weighted by Gasteiger charge is 2.16. The Morgan fingerprint density at radius 3 is 2.88 bits per heavy atom. The van der Waals surface area contributed by atoms with Crippen molar-refractivity contribution in [1.82, 2.24) is 14.6 Å². The lowest BCUT2D eigenvalue weighted by molar-refractivity contribution is 0.102. The molecule has 1 N–H and O–H groups in total. The van der Waals surface area contributed by atoms with Crippen LogP contribution in [0.1, 0.15) is 10.4 Å². The van der Waals surface area contributed by atoms with E-state index in [1.165, 1.54) is 29.5 Å². The minimum Gasteiger partial charge on any atom is -0.497 e. The number of benzene rings is 2. The summed E-state index contributed by atoms with van der Waals surface area (Å²) in [6.45, 7) is 0. The van der Waals surface area contributed by atoms with Gasteiger partial charge in [0.1, 0.15) is 11.6 Å². The van der Waals surface area contributed by atoms with Crippen LogP contribution in [0.15, 0.2) is 53.9 Å². The van der Waals surface area contributed by atoms with Gasteiger partial charge in [0.25, 0.3) is 11.9 Å². The van der Waals surface area contributed by atoms with Gasteiger partial charge in [-0.1, -0.05) is 24.3 Å². The number of amides is 1. The van der Waals surface area contributed by atoms with Gasteiger partial charge < -0.3 is 4.74 Å². The predicted molar refractivity (Wildman–Crippen MR) is 97.2 cm³/mol. The quantitative estimate of drug-likeness (QED) is 0.594. The van der Waals surface area contributed by atoms with Gasteiger partial charge in [-0.15, -0.1) is 16.4 Å². The molecular weight excluding hydrogens is 355 g/mol. The Bertz CT molecular complexity index is 1110. The maximum atomic E-state index is 13.7. The fourth-order valence-electron chi connectivity index (χ4n) is 2.53. The van der Waals surface area contributed by atoms with Gasteiger partial charge in [-0.3, -0.25) is 10.1 Å². The summed E-state index contributed by atoms with van der Waals surface area (Å²) in [5.74, 6) is -0.336. The number of ether oxygens (including phenoxy) is 1. The number of nitrogens with zero attached hydrogens (tertiary/aromatic N) is 3. The van der Waals surface area contributed by atoms with Crippen molar-refractivity contribution in [3.05, 3.63) is 65.3 Å². The van der Waals surface area contributed by atoms with E-state index in [1.807, 2.05) is 29.6 Å². The second-order valence-electron chi connectivity index (χ2n) is 5.42. The van der Waals surface area contributed by atoms with Crippen LogP contribution in [-0.4, -0.2) is 27.6 Å². The molecule has 6 nitrogen and oxygen atoms in total. The molecule has 0 fully saturated rings. The van der Waals surface area contributed by atoms with Crippen LogP contribution in [0.2, 0.25) is 0 Å². The van der Waals surface area contributed by atoms with Crippen molar-refractivity contribution in [3.63, 3.8) is 0 Å². The average molecular weight is 368 g/mol. The number of hydrogen-bond acceptors (Lipinski definition) is 5. The van der Waals surface area contributed by atoms with Gasteiger partial charge in [0.05, 0.1) is 18.4 Å². The molecule has 0 bridgehead atoms. The molecule has 8 heteroatoms. The molecule has 0 aliphatic carbocycles. The highest BCUT2D eigenvalue weighted by molar-refractivity contribution is 7.15. The first kappa shape index (κ1) is 16.2. The zero-order chi connectivity index (χ0) is 18.1. The largest absolute Gasteiger partial charge is 0.497 e. The Balaban J connectivity index is 1.66. The molecule has 1 amide bonds. The van der Waals surface area contributed by atoms with Crippen LogP contribution in [-0.2, 0) is 0 Å². The van der Waals surface area contributed by atoms with E-state index in [0.29, 0.717) is 4.96 Å². The molecular formula is C18H13FN4O2S. The number of nitrogens with one attached hydrogen (secondary N) is 1. The molecule has 130 valence electrons. The van der Waals surface area contributed by atoms with Crippen LogP contribution in [0.4, 0.5) is 10.3 Å². The summed E-state index contributed by atoms with van der Waals surface area (Å²) in [4.78, 5) is 17.1. The lowest BCUT2D eigenvalue weighted by atomic mass is 10.2. The minimum atomic E-state index is -0.594. The van der Waals surface area contributed by atoms with E-state index in [9.17, 15) is 9.18 Å². The van der Waals surface area contributed by atoms with E-state index >= 15 is 0 Å². The number of carbonyl (C=O) groups is 1. The summed E-state index contributed by atoms with van der Waals surface area (Å²) >= 11 is 1.39. The Morgan fingerprint density at radius 2 is 2.08 bits per heavy atom. The van der Waals surface area contributed by atoms with Gasteiger partial charge in [-0.05, 0) is 24.3 Å². The molecule has 0 aliphatic heterocycles. The highest BCUT2D eigenvalue weighted by atomic mass is 32.1. The third-order valence-electron chi connectivity index (χ3n) is 3.79. The topological polar surface area (TPSA) is 68.5 Å². The number of hydrogen-bond donors (Lipinski definition) is 1. The van der Waals surface area contributed by atoms with Crippen molar-refractivity contribution in [1.29, 1.82) is 0 Å². The third-order valence-corrected chi connectivity index (χ3v) is 4.61. The monoisotopic (exact) mass is 368 g/mol. The zero-order valence-electron chi connectivity index (χ0n) is 13.6. The summed E-state index contributed by atoms with van der Waals surface area (Å²) < 4.78 is 20.6. The Kier molecular flexibility index (Phi) is 4.10. The summed E-state index contributed by atoms with van der Waals surface area (Å²) in [6.07, 6.45) is 0. The Morgan fingerprint density at radius 1 is 1.23 bits per heavy atom. The molecule has 4 aromatic rings. The first-order valence-electron chi connectivity index (χ1n) is 7.70. The normalized spacial score (nSPS) is 10.8. The average Bonchev–Trinajstić information content (AvgIpc) is 3.22. The summed E-state index contributed by atoms with van der Waals surface area (Å²) in [5.41, 5.74) is 1.67. The molecule has 0 saturated heterocycles. The van der Waals surface area contributed by atoms with Crippen LogP contribution in [0.3, 0.4) is 0 Å². The van der Waals surface area contributed by atoms with Gasteiger partial charge in [0.15, 0.2) is 0 Å². The fourth-order valence-corrected chi connectivity index (χ4v) is 3.36. The maximum Gasteiger partial charge on any atom is 0.261 e. The molecule has 2 aromatic heterocycles. The lowest BCUT2D eigenvalue weighted by Gasteiger charge is -2.03. The molecule has 0 unspecified atom stereocenters. The van der Waals surface area contributed by atoms with Gasteiger partial charge >= 0.3 is 0 Å². The maximum absolute atomic E-state index is 13.7. The Hall–Kier alpha value is -3.26. The molecule has 0 atom stereocenters. The van der Waals surface area contributed by atoms with Crippen molar-refractivity contribution < 1.29 is 13.9 Å². The second-order valence-corrected chi connectivity index (χ2v) is 6.25. The van der Waals surface area contributed by atoms with E-state index in [2.05, 4.69) is 15.4 Å². The Labute approximate surface area is 151 Å². The number of aromatic nitrogens is 3. The lowest BCUT2D eigenvalue weighted by Crippen LogP contribution is -2.14. The van der Waals surface area contributed by atoms with Crippen LogP contribution in [0.25, 0.3) is 16.2 Å². The molecule has 0 aliphatic rings. The summed E-state index contributed by atoms with van der Waals surface area (Å²) in [7, 11) is 1.61. The van der Waals surface area contributed by atoms with Crippen LogP contribution >= 0.6 is 11.3 Å². The summed E-state index contributed by atoms with van der Waals surface area (Å²) in [6, 6.07) is 13.3. The highest BCUT2D eigenvalue weighted by Crippen LogP contribution is 2.28. The van der Waals surface area contributed by atoms with Gasteiger partial charge in [-0.2, -0.15) is 4.98 Å². The van der Waals surface area contributed by atoms with Crippen LogP contribution in [0, 0.1) is 5.82 Å². The summed E-state index contributed by atoms with van der Waals surface area (Å²) in [5, 5.41) is 8.78. The predicted octanol–water partition coefficient (Wildman–Crippen LogP) is 3.86. The van der Waals surface area contributed by atoms with Gasteiger partial charge in [0, 0.05) is 10.9 Å². The standard InChI is InChI=1S/C18H13FN4O2S/c1-25-12-6-4-5-11(9-12)15-10-26-18-21-17(22-23(15)18)20-16(24)13-7-2-3-8-14(13)19/h2-10H,1H3,(H,20,22,24). The van der Waals surface area contributed by atoms with Crippen molar-refractivity contribution in [2.75, 3.05) is 12.4 Å². The molecule has 2 heterocycles. The first-order valence-corrected chi connectivity index (χ1v) is 8.58. The molecule has 4 rings (SSSR count). The SMILES string of the molecule is COc1cccc(-c2csc3nc(NC(=O)c4ccccc4F)nn23)c1. The molecule has 0 radical (unpaired) electrons. The van der Waals surface area contributed by atoms with Crippen molar-refractivity contribution in [2.24, 2.45) is 0 Å². The zero-order valence-corrected chi connectivity index (χ0v) is 14.5. The van der Waals surface area contributed by atoms with Crippen molar-refractivity contribution in [2.45, 2.75) is 0 Å². The van der Waals surface area contributed by atoms with E-state index in [0.717, 1.165) is 17.0 Å². The minimum absolute atomic E-state index is 0.0568. The number of fused-ring (bicyclic) bond motifs is 1. The van der Waals surface area contributed by atoms with E-state index in [1.54, 1.807) is 17.7 Å². The van der Waals surface area contributed by atoms with Gasteiger partial charge in [-0.25, -0.2) is 8.91 Å². The number of anilines is 1. The van der Waals surface area contributed by atoms with Crippen LogP contribution in [0.5, 0.6) is 5.75 Å². The van der Waals surface area contributed by atoms with Crippen molar-refractivity contribution in [3.8, 4) is 17.0 Å². The smallest absolute Gasteiger partial charge is 0.261 e. The van der Waals surface area contributed by atoms with Crippen LogP contribution < -0.4 is 10.1 Å². The van der Waals surface area contributed by atoms with Gasteiger partial charge in [0.2, 0.25) is 4.96 Å². The molecule has 26 heavy (non-hydrogen) atoms. The van der Waals surface area contributed by atoms with E-state index < -0.39 is 11.7 Å². The number of carbonyl (C=O) groups excluding carboxylic acids is 1. The molecule has 2 aromatic carbocycles. The van der Waals surface area contributed by atoms with E-state index in [-0.39, 0.29) is 11.5 Å². The number of rotatable bonds is 4. The second kappa shape index (κ2) is 6.57. The molecule has 0 spiro atoms.